The van der Waals surface area contributed by atoms with Crippen molar-refractivity contribution in [3.05, 3.63) is 48.6 Å². The summed E-state index contributed by atoms with van der Waals surface area (Å²) >= 11 is 0. The van der Waals surface area contributed by atoms with Crippen LogP contribution in [0.2, 0.25) is 0 Å². The molecule has 468 valence electrons. The number of esters is 3. The van der Waals surface area contributed by atoms with E-state index in [1.54, 1.807) is 0 Å². The Balaban J connectivity index is 4.65. The lowest BCUT2D eigenvalue weighted by Gasteiger charge is -2.21. The van der Waals surface area contributed by atoms with Gasteiger partial charge in [0.2, 0.25) is 0 Å². The normalized spacial score (nSPS) is 14.3. The number of hydrogen-bond acceptors (Lipinski definition) is 13. The average molecular weight is 1180 g/mol. The Kier molecular flexibility index (Phi) is 56.5. The van der Waals surface area contributed by atoms with E-state index in [1.165, 1.54) is 96.3 Å². The van der Waals surface area contributed by atoms with Crippen LogP contribution >= 0.6 is 15.6 Å². The average Bonchev–Trinajstić information content (AvgIpc) is 3.43. The molecule has 0 aliphatic rings. The van der Waals surface area contributed by atoms with Gasteiger partial charge in [-0.05, 0) is 103 Å². The highest BCUT2D eigenvalue weighted by molar-refractivity contribution is 7.47. The van der Waals surface area contributed by atoms with Crippen LogP contribution in [0.5, 0.6) is 0 Å². The van der Waals surface area contributed by atoms with Gasteiger partial charge in [-0.1, -0.05) is 204 Å². The molecule has 0 radical (unpaired) electrons. The molecule has 0 saturated heterocycles. The van der Waals surface area contributed by atoms with Gasteiger partial charge in [0.05, 0.1) is 33.0 Å². The van der Waals surface area contributed by atoms with Crippen LogP contribution in [0.4, 0.5) is 0 Å². The summed E-state index contributed by atoms with van der Waals surface area (Å²) in [6, 6.07) is 0. The molecule has 0 aromatic heterocycles. The highest BCUT2D eigenvalue weighted by Crippen LogP contribution is 2.45. The Bertz CT molecular complexity index is 1650. The molecule has 17 heteroatoms. The van der Waals surface area contributed by atoms with E-state index in [9.17, 15) is 38.4 Å². The molecule has 0 saturated carbocycles. The Morgan fingerprint density at radius 2 is 0.688 bits per heavy atom. The molecule has 0 aromatic rings. The SMILES string of the molecule is CCCCC/C=C/C/C=C/CCCCCCCC(=O)OC[C@H](COP(=O)(O)OC[C@@H](O)COP(=O)(O)OCCCOC(=O)CCCCCCC/C=C/CCCCCCCC)OC(=O)CCCCCCC/C=C\CCCCCCCC. The molecule has 2 unspecified atom stereocenters. The summed E-state index contributed by atoms with van der Waals surface area (Å²) in [5.74, 6) is -1.40. The highest BCUT2D eigenvalue weighted by atomic mass is 31.2. The third kappa shape index (κ3) is 58.7. The largest absolute Gasteiger partial charge is 0.472 e. The van der Waals surface area contributed by atoms with Crippen molar-refractivity contribution in [1.82, 2.24) is 0 Å². The van der Waals surface area contributed by atoms with Crippen molar-refractivity contribution < 1.29 is 70.7 Å². The number of aliphatic hydroxyl groups excluding tert-OH is 1. The molecule has 4 atom stereocenters. The molecule has 0 aromatic carbocycles. The van der Waals surface area contributed by atoms with Gasteiger partial charge in [-0.15, -0.1) is 0 Å². The van der Waals surface area contributed by atoms with Crippen molar-refractivity contribution in [1.29, 1.82) is 0 Å². The third-order valence-electron chi connectivity index (χ3n) is 13.4. The van der Waals surface area contributed by atoms with Gasteiger partial charge in [0.1, 0.15) is 12.7 Å². The summed E-state index contributed by atoms with van der Waals surface area (Å²) in [5.41, 5.74) is 0. The van der Waals surface area contributed by atoms with E-state index in [-0.39, 0.29) is 38.4 Å². The fraction of sp³-hybridized carbons (Fsp3) is 0.825. The third-order valence-corrected chi connectivity index (χ3v) is 15.4. The van der Waals surface area contributed by atoms with Gasteiger partial charge < -0.3 is 29.1 Å². The van der Waals surface area contributed by atoms with E-state index in [0.29, 0.717) is 19.3 Å². The lowest BCUT2D eigenvalue weighted by atomic mass is 10.1. The Labute approximate surface area is 486 Å². The van der Waals surface area contributed by atoms with E-state index in [1.807, 2.05) is 0 Å². The fourth-order valence-electron chi connectivity index (χ4n) is 8.54. The zero-order valence-electron chi connectivity index (χ0n) is 50.6. The smallest absolute Gasteiger partial charge is 0.466 e. The number of allylic oxidation sites excluding steroid dienone is 8. The summed E-state index contributed by atoms with van der Waals surface area (Å²) in [5, 5.41) is 10.3. The Morgan fingerprint density at radius 3 is 1.12 bits per heavy atom. The Morgan fingerprint density at radius 1 is 0.362 bits per heavy atom. The molecule has 0 bridgehead atoms. The first kappa shape index (κ1) is 77.5. The van der Waals surface area contributed by atoms with Gasteiger partial charge in [-0.25, -0.2) is 9.13 Å². The fourth-order valence-corrected chi connectivity index (χ4v) is 10.1. The van der Waals surface area contributed by atoms with Gasteiger partial charge in [-0.3, -0.25) is 32.5 Å². The van der Waals surface area contributed by atoms with Crippen LogP contribution in [0.15, 0.2) is 48.6 Å². The van der Waals surface area contributed by atoms with Crippen LogP contribution in [0.3, 0.4) is 0 Å². The second kappa shape index (κ2) is 58.3. The first-order valence-electron chi connectivity index (χ1n) is 31.9. The number of aliphatic hydroxyl groups is 1. The Hall–Kier alpha value is -2.45. The van der Waals surface area contributed by atoms with E-state index >= 15 is 0 Å². The predicted molar refractivity (Wildman–Crippen MR) is 324 cm³/mol. The second-order valence-electron chi connectivity index (χ2n) is 21.3. The maximum Gasteiger partial charge on any atom is 0.472 e. The van der Waals surface area contributed by atoms with Crippen molar-refractivity contribution in [2.24, 2.45) is 0 Å². The van der Waals surface area contributed by atoms with Gasteiger partial charge in [0.15, 0.2) is 6.10 Å². The molecule has 15 nitrogen and oxygen atoms in total. The maximum absolute atomic E-state index is 12.9. The molecule has 0 spiro atoms. The van der Waals surface area contributed by atoms with E-state index in [4.69, 9.17) is 32.3 Å². The number of rotatable bonds is 61. The number of phosphoric acid groups is 2. The molecule has 3 N–H and O–H groups in total. The van der Waals surface area contributed by atoms with Crippen LogP contribution in [0, 0.1) is 0 Å². The molecular formula is C63H116O15P2. The van der Waals surface area contributed by atoms with Crippen LogP contribution in [0.1, 0.15) is 284 Å². The zero-order chi connectivity index (χ0) is 58.7. The minimum Gasteiger partial charge on any atom is -0.466 e. The number of unbranched alkanes of at least 4 members (excludes halogenated alkanes) is 30. The number of carbonyl (C=O) groups excluding carboxylic acids is 3. The lowest BCUT2D eigenvalue weighted by Crippen LogP contribution is -2.30. The van der Waals surface area contributed by atoms with E-state index in [0.717, 1.165) is 128 Å². The number of carbonyl (C=O) groups is 3. The molecular weight excluding hydrogens is 1060 g/mol. The summed E-state index contributed by atoms with van der Waals surface area (Å²) in [6.07, 6.45) is 57.0. The summed E-state index contributed by atoms with van der Waals surface area (Å²) in [4.78, 5) is 58.1. The lowest BCUT2D eigenvalue weighted by molar-refractivity contribution is -0.161. The standard InChI is InChI=1S/C63H116O15P2/c1-4-7-10-13-16-19-22-25-28-31-34-37-40-43-46-50-61(65)72-53-49-54-74-79(68,69)75-55-59(64)56-76-80(70,71)77-58-60(78-63(67)52-48-45-42-39-36-33-30-27-24-21-18-15-12-9-6-3)57-73-62(66)51-47-44-41-38-35-32-29-26-23-20-17-14-11-8-5-2/h17,20,25-30,59-60,64H,4-16,18-19,21-24,31-58H2,1-3H3,(H,68,69)(H,70,71)/b20-17+,28-25+,29-26+,30-27-/t59-,60+/m0/s1. The molecule has 0 aliphatic heterocycles. The van der Waals surface area contributed by atoms with Crippen LogP contribution < -0.4 is 0 Å². The number of hydrogen-bond donors (Lipinski definition) is 3. The highest BCUT2D eigenvalue weighted by Gasteiger charge is 2.29. The van der Waals surface area contributed by atoms with Crippen LogP contribution in [-0.4, -0.2) is 84.7 Å². The molecule has 80 heavy (non-hydrogen) atoms. The minimum atomic E-state index is -4.88. The molecule has 0 amide bonds. The first-order valence-corrected chi connectivity index (χ1v) is 34.9. The predicted octanol–water partition coefficient (Wildman–Crippen LogP) is 17.9. The van der Waals surface area contributed by atoms with Crippen molar-refractivity contribution >= 4 is 33.6 Å². The first-order chi connectivity index (χ1) is 38.8. The van der Waals surface area contributed by atoms with Gasteiger partial charge in [0.25, 0.3) is 0 Å². The van der Waals surface area contributed by atoms with E-state index < -0.39 is 66.2 Å². The van der Waals surface area contributed by atoms with Gasteiger partial charge >= 0.3 is 33.6 Å². The summed E-state index contributed by atoms with van der Waals surface area (Å²) < 4.78 is 61.0. The van der Waals surface area contributed by atoms with Crippen molar-refractivity contribution in [3.63, 3.8) is 0 Å². The molecule has 0 fully saturated rings. The van der Waals surface area contributed by atoms with Crippen molar-refractivity contribution in [3.8, 4) is 0 Å². The van der Waals surface area contributed by atoms with Crippen molar-refractivity contribution in [2.45, 2.75) is 296 Å². The topological polar surface area (TPSA) is 211 Å². The van der Waals surface area contributed by atoms with E-state index in [2.05, 4.69) is 69.4 Å². The summed E-state index contributed by atoms with van der Waals surface area (Å²) in [6.45, 7) is 3.72. The summed E-state index contributed by atoms with van der Waals surface area (Å²) in [7, 11) is -9.52. The molecule has 0 aliphatic carbocycles. The monoisotopic (exact) mass is 1170 g/mol. The minimum absolute atomic E-state index is 0.0106. The number of phosphoric ester groups is 2. The van der Waals surface area contributed by atoms with Crippen LogP contribution in [-0.2, 0) is 55.8 Å². The van der Waals surface area contributed by atoms with Gasteiger partial charge in [-0.2, -0.15) is 0 Å². The maximum atomic E-state index is 12.9. The quantitative estimate of drug-likeness (QED) is 0.0170. The number of ether oxygens (including phenoxy) is 3. The van der Waals surface area contributed by atoms with Crippen LogP contribution in [0.25, 0.3) is 0 Å². The second-order valence-corrected chi connectivity index (χ2v) is 24.2. The molecule has 0 heterocycles. The van der Waals surface area contributed by atoms with Gasteiger partial charge in [0, 0.05) is 25.7 Å². The zero-order valence-corrected chi connectivity index (χ0v) is 52.4. The molecule has 0 rings (SSSR count). The van der Waals surface area contributed by atoms with Crippen molar-refractivity contribution in [2.75, 3.05) is 39.6 Å².